The summed E-state index contributed by atoms with van der Waals surface area (Å²) in [5, 5.41) is 10.1. The fourth-order valence-corrected chi connectivity index (χ4v) is 8.36. The fraction of sp³-hybridized carbons (Fsp3) is 0.526. The Kier molecular flexibility index (Phi) is 9.11. The van der Waals surface area contributed by atoms with Crippen LogP contribution in [0.15, 0.2) is 59.2 Å². The van der Waals surface area contributed by atoms with E-state index in [0.29, 0.717) is 18.8 Å². The first-order chi connectivity index (χ1) is 21.2. The van der Waals surface area contributed by atoms with Crippen molar-refractivity contribution in [2.24, 2.45) is 17.8 Å². The molecule has 2 aromatic rings. The van der Waals surface area contributed by atoms with Crippen molar-refractivity contribution in [3.8, 4) is 5.75 Å². The molecule has 2 amide bonds. The number of carbonyl (C=O) groups is 2. The fourth-order valence-electron chi connectivity index (χ4n) is 8.36. The van der Waals surface area contributed by atoms with E-state index in [1.165, 1.54) is 22.3 Å². The number of fused-ring (bicyclic) bond motifs is 3. The number of ether oxygens (including phenoxy) is 1. The van der Waals surface area contributed by atoms with Crippen molar-refractivity contribution in [2.45, 2.75) is 91.3 Å². The zero-order valence-corrected chi connectivity index (χ0v) is 26.9. The minimum atomic E-state index is -0.273. The molecule has 6 rings (SSSR count). The largest absolute Gasteiger partial charge is 0.507 e. The molecule has 0 radical (unpaired) electrons. The molecule has 0 unspecified atom stereocenters. The number of rotatable bonds is 9. The molecule has 0 aromatic heterocycles. The number of carbonyl (C=O) groups excluding carboxylic acids is 2. The molecule has 0 bridgehead atoms. The van der Waals surface area contributed by atoms with Crippen LogP contribution in [0.4, 0.5) is 0 Å². The van der Waals surface area contributed by atoms with Crippen molar-refractivity contribution >= 4 is 17.9 Å². The Labute approximate surface area is 262 Å². The maximum absolute atomic E-state index is 14.1. The van der Waals surface area contributed by atoms with Crippen molar-refractivity contribution in [3.63, 3.8) is 0 Å². The Bertz CT molecular complexity index is 1430. The minimum Gasteiger partial charge on any atom is -0.507 e. The lowest BCUT2D eigenvalue weighted by Crippen LogP contribution is -2.47. The second kappa shape index (κ2) is 13.0. The van der Waals surface area contributed by atoms with Crippen LogP contribution in [0.2, 0.25) is 0 Å². The van der Waals surface area contributed by atoms with E-state index in [0.717, 1.165) is 74.8 Å². The molecule has 0 saturated carbocycles. The van der Waals surface area contributed by atoms with Gasteiger partial charge in [0.1, 0.15) is 5.75 Å². The van der Waals surface area contributed by atoms with Gasteiger partial charge in [0.25, 0.3) is 0 Å². The molecule has 3 heterocycles. The van der Waals surface area contributed by atoms with Gasteiger partial charge in [-0.1, -0.05) is 60.9 Å². The highest BCUT2D eigenvalue weighted by atomic mass is 16.5. The Balaban J connectivity index is 1.13. The average Bonchev–Trinajstić information content (AvgIpc) is 3.54. The van der Waals surface area contributed by atoms with Crippen LogP contribution >= 0.6 is 0 Å². The van der Waals surface area contributed by atoms with E-state index >= 15 is 0 Å². The molecule has 44 heavy (non-hydrogen) atoms. The van der Waals surface area contributed by atoms with E-state index in [-0.39, 0.29) is 41.7 Å². The Morgan fingerprint density at radius 1 is 1.02 bits per heavy atom. The lowest BCUT2D eigenvalue weighted by Gasteiger charge is -2.36. The average molecular weight is 597 g/mol. The number of benzene rings is 2. The number of phenolic OH excluding ortho intramolecular Hbond substituents is 1. The van der Waals surface area contributed by atoms with Gasteiger partial charge >= 0.3 is 0 Å². The molecular formula is C38H48N2O4. The number of hydrogen-bond donors (Lipinski definition) is 1. The Hall–Kier alpha value is -3.22. The summed E-state index contributed by atoms with van der Waals surface area (Å²) in [7, 11) is 0. The van der Waals surface area contributed by atoms with Gasteiger partial charge in [0, 0.05) is 31.6 Å². The van der Waals surface area contributed by atoms with Crippen LogP contribution in [0.25, 0.3) is 6.08 Å². The summed E-state index contributed by atoms with van der Waals surface area (Å²) in [6.45, 7) is 11.5. The number of aryl methyl sites for hydroxylation is 2. The summed E-state index contributed by atoms with van der Waals surface area (Å²) in [6.07, 6.45) is 8.38. The second-order valence-electron chi connectivity index (χ2n) is 13.6. The summed E-state index contributed by atoms with van der Waals surface area (Å²) < 4.78 is 6.47. The van der Waals surface area contributed by atoms with Crippen molar-refractivity contribution < 1.29 is 19.4 Å². The minimum absolute atomic E-state index is 0.00350. The van der Waals surface area contributed by atoms with Crippen molar-refractivity contribution in [1.29, 1.82) is 0 Å². The van der Waals surface area contributed by atoms with Crippen LogP contribution in [-0.2, 0) is 20.9 Å². The molecule has 234 valence electrons. The molecule has 1 aliphatic carbocycles. The van der Waals surface area contributed by atoms with Crippen LogP contribution < -0.4 is 0 Å². The van der Waals surface area contributed by atoms with Gasteiger partial charge < -0.3 is 9.84 Å². The molecule has 6 nitrogen and oxygen atoms in total. The number of aromatic hydroxyl groups is 1. The number of imide groups is 1. The Morgan fingerprint density at radius 2 is 1.73 bits per heavy atom. The van der Waals surface area contributed by atoms with Gasteiger partial charge in [-0.2, -0.15) is 0 Å². The molecule has 6 heteroatoms. The van der Waals surface area contributed by atoms with Gasteiger partial charge in [0.2, 0.25) is 11.8 Å². The zero-order chi connectivity index (χ0) is 31.0. The molecule has 3 fully saturated rings. The molecule has 3 aliphatic heterocycles. The highest BCUT2D eigenvalue weighted by molar-refractivity contribution is 6.06. The predicted molar refractivity (Wildman–Crippen MR) is 174 cm³/mol. The normalized spacial score (nSPS) is 26.5. The van der Waals surface area contributed by atoms with Crippen LogP contribution in [0.3, 0.4) is 0 Å². The highest BCUT2D eigenvalue weighted by Gasteiger charge is 2.58. The third-order valence-electron chi connectivity index (χ3n) is 10.5. The van der Waals surface area contributed by atoms with E-state index in [2.05, 4.69) is 49.1 Å². The van der Waals surface area contributed by atoms with Gasteiger partial charge in [-0.15, -0.1) is 0 Å². The first-order valence-electron chi connectivity index (χ1n) is 16.7. The maximum atomic E-state index is 14.1. The van der Waals surface area contributed by atoms with E-state index in [4.69, 9.17) is 4.74 Å². The molecule has 4 atom stereocenters. The number of piperidine rings is 1. The SMILES string of the molecule is CCCC1=C2[C@@H](CC/C(C)=C/c3cc(C)c(O)c(C)c3)OC[C@@H]2[C@@H]2C(=O)N(C3CCN(Cc4ccccc4)CC3)C(=O)[C@@H]2C1. The zero-order valence-electron chi connectivity index (χ0n) is 26.9. The van der Waals surface area contributed by atoms with E-state index in [1.54, 1.807) is 4.90 Å². The number of hydrogen-bond acceptors (Lipinski definition) is 5. The topological polar surface area (TPSA) is 70.1 Å². The quantitative estimate of drug-likeness (QED) is 0.250. The van der Waals surface area contributed by atoms with Crippen molar-refractivity contribution in [2.75, 3.05) is 19.7 Å². The molecule has 1 N–H and O–H groups in total. The molecule has 2 aromatic carbocycles. The van der Waals surface area contributed by atoms with Gasteiger partial charge in [0.05, 0.1) is 24.5 Å². The predicted octanol–water partition coefficient (Wildman–Crippen LogP) is 6.97. The second-order valence-corrected chi connectivity index (χ2v) is 13.6. The lowest BCUT2D eigenvalue weighted by atomic mass is 9.68. The van der Waals surface area contributed by atoms with Crippen molar-refractivity contribution in [1.82, 2.24) is 9.80 Å². The van der Waals surface area contributed by atoms with Crippen LogP contribution in [0.1, 0.15) is 81.0 Å². The number of amides is 2. The first kappa shape index (κ1) is 30.8. The van der Waals surface area contributed by atoms with Crippen molar-refractivity contribution in [3.05, 3.63) is 81.4 Å². The van der Waals surface area contributed by atoms with E-state index in [1.807, 2.05) is 32.0 Å². The summed E-state index contributed by atoms with van der Waals surface area (Å²) in [5.74, 6) is -0.00111. The van der Waals surface area contributed by atoms with Gasteiger partial charge in [-0.3, -0.25) is 19.4 Å². The maximum Gasteiger partial charge on any atom is 0.234 e. The molecule has 4 aliphatic rings. The molecule has 3 saturated heterocycles. The monoisotopic (exact) mass is 596 g/mol. The van der Waals surface area contributed by atoms with E-state index in [9.17, 15) is 14.7 Å². The number of phenols is 1. The Morgan fingerprint density at radius 3 is 2.41 bits per heavy atom. The molecular weight excluding hydrogens is 548 g/mol. The number of likely N-dealkylation sites (tertiary alicyclic amines) is 2. The number of nitrogens with zero attached hydrogens (tertiary/aromatic N) is 2. The first-order valence-corrected chi connectivity index (χ1v) is 16.7. The summed E-state index contributed by atoms with van der Waals surface area (Å²) in [4.78, 5) is 32.1. The molecule has 0 spiro atoms. The highest BCUT2D eigenvalue weighted by Crippen LogP contribution is 2.51. The van der Waals surface area contributed by atoms with Gasteiger partial charge in [-0.05, 0) is 99.3 Å². The smallest absolute Gasteiger partial charge is 0.234 e. The third kappa shape index (κ3) is 6.03. The summed E-state index contributed by atoms with van der Waals surface area (Å²) >= 11 is 0. The van der Waals surface area contributed by atoms with E-state index < -0.39 is 0 Å². The van der Waals surface area contributed by atoms with Crippen LogP contribution in [0.5, 0.6) is 5.75 Å². The van der Waals surface area contributed by atoms with Crippen LogP contribution in [-0.4, -0.2) is 58.6 Å². The number of allylic oxidation sites excluding steroid dienone is 2. The third-order valence-corrected chi connectivity index (χ3v) is 10.5. The van der Waals surface area contributed by atoms with Crippen LogP contribution in [0, 0.1) is 31.6 Å². The summed E-state index contributed by atoms with van der Waals surface area (Å²) in [5.41, 5.74) is 8.16. The van der Waals surface area contributed by atoms with Gasteiger partial charge in [0.15, 0.2) is 0 Å². The lowest BCUT2D eigenvalue weighted by molar-refractivity contribution is -0.144. The standard InChI is InChI=1S/C38H48N2O4/c1-5-9-29-21-31-35(38(43)40(37(31)42)30-14-16-39(17-15-30)22-27-10-7-6-8-11-27)32-23-44-33(34(29)32)13-12-24(2)18-28-19-25(3)36(41)26(4)20-28/h6-8,10-11,18-20,30-33,35,41H,5,9,12-17,21-23H2,1-4H3/b24-18+/t31-,32+,33-,35-/m1/s1. The summed E-state index contributed by atoms with van der Waals surface area (Å²) in [6, 6.07) is 14.6. The van der Waals surface area contributed by atoms with Gasteiger partial charge in [-0.25, -0.2) is 0 Å².